The van der Waals surface area contributed by atoms with Crippen molar-refractivity contribution in [3.05, 3.63) is 83.7 Å². The maximum absolute atomic E-state index is 10.8. The first-order valence-electron chi connectivity index (χ1n) is 7.22. The third-order valence-corrected chi connectivity index (χ3v) is 3.73. The second-order valence-corrected chi connectivity index (χ2v) is 5.50. The molecule has 0 heterocycles. The monoisotopic (exact) mass is 380 g/mol. The van der Waals surface area contributed by atoms with E-state index in [1.165, 1.54) is 12.1 Å². The predicted octanol–water partition coefficient (Wildman–Crippen LogP) is -0.0270. The van der Waals surface area contributed by atoms with Crippen LogP contribution in [0.15, 0.2) is 72.6 Å². The van der Waals surface area contributed by atoms with Crippen molar-refractivity contribution in [2.24, 2.45) is 11.8 Å². The Kier molecular flexibility index (Phi) is 8.41. The molecule has 1 aliphatic carbocycles. The van der Waals surface area contributed by atoms with Gasteiger partial charge in [0, 0.05) is 5.92 Å². The van der Waals surface area contributed by atoms with Crippen molar-refractivity contribution in [1.82, 2.24) is 0 Å². The van der Waals surface area contributed by atoms with Crippen LogP contribution in [0.25, 0.3) is 0 Å². The summed E-state index contributed by atoms with van der Waals surface area (Å²) < 4.78 is 0. The van der Waals surface area contributed by atoms with Crippen LogP contribution in [-0.2, 0) is 6.42 Å². The molecule has 114 valence electrons. The SMILES string of the molecule is C=C(O)C(Cc1ccc(C(=O)[O-])cc1)C1=CC=CC(C)C=C1.[Rb+]. The molecular formula is C19H19O3Rb. The zero-order valence-corrected chi connectivity index (χ0v) is 18.4. The summed E-state index contributed by atoms with van der Waals surface area (Å²) in [5.41, 5.74) is 2.06. The zero-order chi connectivity index (χ0) is 16.1. The first-order valence-corrected chi connectivity index (χ1v) is 7.22. The molecule has 0 saturated carbocycles. The second kappa shape index (κ2) is 9.53. The molecule has 1 aromatic rings. The average molecular weight is 381 g/mol. The Morgan fingerprint density at radius 1 is 1.30 bits per heavy atom. The smallest absolute Gasteiger partial charge is 0.545 e. The van der Waals surface area contributed by atoms with E-state index in [-0.39, 0.29) is 75.4 Å². The molecule has 0 aromatic heterocycles. The van der Waals surface area contributed by atoms with Crippen LogP contribution in [0.3, 0.4) is 0 Å². The van der Waals surface area contributed by atoms with E-state index in [1.807, 2.05) is 18.2 Å². The summed E-state index contributed by atoms with van der Waals surface area (Å²) in [6.45, 7) is 5.76. The molecule has 0 spiro atoms. The molecule has 2 atom stereocenters. The molecular weight excluding hydrogens is 362 g/mol. The van der Waals surface area contributed by atoms with Crippen molar-refractivity contribution >= 4 is 5.97 Å². The van der Waals surface area contributed by atoms with E-state index in [1.54, 1.807) is 12.1 Å². The third kappa shape index (κ3) is 6.00. The van der Waals surface area contributed by atoms with Crippen molar-refractivity contribution in [3.8, 4) is 0 Å². The first kappa shape index (κ1) is 20.3. The topological polar surface area (TPSA) is 60.4 Å². The van der Waals surface area contributed by atoms with Crippen molar-refractivity contribution in [3.63, 3.8) is 0 Å². The molecule has 1 N–H and O–H groups in total. The summed E-state index contributed by atoms with van der Waals surface area (Å²) in [5.74, 6) is -0.963. The molecule has 4 heteroatoms. The van der Waals surface area contributed by atoms with Crippen LogP contribution < -0.4 is 63.3 Å². The van der Waals surface area contributed by atoms with Gasteiger partial charge in [0.2, 0.25) is 0 Å². The molecule has 0 saturated heterocycles. The van der Waals surface area contributed by atoms with Crippen LogP contribution in [0, 0.1) is 11.8 Å². The van der Waals surface area contributed by atoms with Crippen molar-refractivity contribution < 1.29 is 73.2 Å². The number of allylic oxidation sites excluding steroid dienone is 6. The largest absolute Gasteiger partial charge is 1.00 e. The summed E-state index contributed by atoms with van der Waals surface area (Å²) in [5, 5.41) is 20.7. The summed E-state index contributed by atoms with van der Waals surface area (Å²) >= 11 is 0. The van der Waals surface area contributed by atoms with Gasteiger partial charge in [-0.25, -0.2) is 0 Å². The first-order chi connectivity index (χ1) is 10.5. The quantitative estimate of drug-likeness (QED) is 0.730. The normalized spacial score (nSPS) is 17.6. The molecule has 23 heavy (non-hydrogen) atoms. The van der Waals surface area contributed by atoms with Gasteiger partial charge in [0.25, 0.3) is 0 Å². The van der Waals surface area contributed by atoms with Crippen molar-refractivity contribution in [2.75, 3.05) is 0 Å². The van der Waals surface area contributed by atoms with E-state index >= 15 is 0 Å². The number of aromatic carboxylic acids is 1. The van der Waals surface area contributed by atoms with Gasteiger partial charge in [-0.3, -0.25) is 0 Å². The minimum absolute atomic E-state index is 0. The fourth-order valence-corrected chi connectivity index (χ4v) is 2.40. The fraction of sp³-hybridized carbons (Fsp3) is 0.211. The molecule has 3 nitrogen and oxygen atoms in total. The third-order valence-electron chi connectivity index (χ3n) is 3.73. The van der Waals surface area contributed by atoms with Crippen LogP contribution in [0.1, 0.15) is 22.8 Å². The van der Waals surface area contributed by atoms with Gasteiger partial charge in [-0.15, -0.1) is 0 Å². The van der Waals surface area contributed by atoms with Gasteiger partial charge >= 0.3 is 58.2 Å². The number of aliphatic hydroxyl groups excluding tert-OH is 1. The molecule has 1 aliphatic rings. The molecule has 2 rings (SSSR count). The van der Waals surface area contributed by atoms with Crippen LogP contribution in [-0.4, -0.2) is 11.1 Å². The molecule has 0 amide bonds. The Bertz CT molecular complexity index is 654. The number of rotatable bonds is 5. The standard InChI is InChI=1S/C19H20O3.Rb/c1-13-4-3-5-16(9-6-13)18(14(2)20)12-15-7-10-17(11-8-15)19(21)22;/h3-11,13,18,20H,2,12H2,1H3,(H,21,22);/q;+1/p-1. The average Bonchev–Trinajstić information content (AvgIpc) is 2.69. The maximum Gasteiger partial charge on any atom is 1.00 e. The number of carboxylic acids is 1. The van der Waals surface area contributed by atoms with E-state index in [0.717, 1.165) is 11.1 Å². The summed E-state index contributed by atoms with van der Waals surface area (Å²) in [6, 6.07) is 6.50. The molecule has 0 fully saturated rings. The Balaban J connectivity index is 0.00000264. The Morgan fingerprint density at radius 2 is 1.96 bits per heavy atom. The minimum atomic E-state index is -1.19. The van der Waals surface area contributed by atoms with Gasteiger partial charge in [-0.2, -0.15) is 0 Å². The van der Waals surface area contributed by atoms with Crippen molar-refractivity contribution in [1.29, 1.82) is 0 Å². The van der Waals surface area contributed by atoms with Crippen LogP contribution in [0.5, 0.6) is 0 Å². The fourth-order valence-electron chi connectivity index (χ4n) is 2.40. The number of benzene rings is 1. The number of aliphatic hydroxyl groups is 1. The molecule has 2 unspecified atom stereocenters. The Morgan fingerprint density at radius 3 is 2.52 bits per heavy atom. The van der Waals surface area contributed by atoms with E-state index in [9.17, 15) is 15.0 Å². The maximum atomic E-state index is 10.8. The van der Waals surface area contributed by atoms with Gasteiger partial charge in [0.05, 0.1) is 11.7 Å². The van der Waals surface area contributed by atoms with Gasteiger partial charge in [-0.05, 0) is 29.0 Å². The van der Waals surface area contributed by atoms with Gasteiger partial charge in [-0.1, -0.05) is 68.1 Å². The van der Waals surface area contributed by atoms with E-state index in [4.69, 9.17) is 0 Å². The number of carboxylic acid groups (broad SMARTS) is 1. The molecule has 1 aromatic carbocycles. The van der Waals surface area contributed by atoms with E-state index < -0.39 is 5.97 Å². The predicted molar refractivity (Wildman–Crippen MR) is 85.3 cm³/mol. The van der Waals surface area contributed by atoms with E-state index in [0.29, 0.717) is 12.3 Å². The Labute approximate surface area is 185 Å². The summed E-state index contributed by atoms with van der Waals surface area (Å²) in [4.78, 5) is 10.8. The Hall–Kier alpha value is -0.745. The minimum Gasteiger partial charge on any atom is -0.545 e. The molecule has 0 radical (unpaired) electrons. The van der Waals surface area contributed by atoms with Gasteiger partial charge in [0.15, 0.2) is 0 Å². The number of hydrogen-bond acceptors (Lipinski definition) is 3. The summed E-state index contributed by atoms with van der Waals surface area (Å²) in [6.07, 6.45) is 10.7. The van der Waals surface area contributed by atoms with Gasteiger partial charge in [0.1, 0.15) is 0 Å². The molecule has 0 aliphatic heterocycles. The zero-order valence-electron chi connectivity index (χ0n) is 13.5. The number of carbonyl (C=O) groups excluding carboxylic acids is 1. The van der Waals surface area contributed by atoms with Crippen LogP contribution >= 0.6 is 0 Å². The van der Waals surface area contributed by atoms with Crippen LogP contribution in [0.2, 0.25) is 0 Å². The van der Waals surface area contributed by atoms with Gasteiger partial charge < -0.3 is 15.0 Å². The summed E-state index contributed by atoms with van der Waals surface area (Å²) in [7, 11) is 0. The second-order valence-electron chi connectivity index (χ2n) is 5.50. The number of hydrogen-bond donors (Lipinski definition) is 1. The molecule has 0 bridgehead atoms. The van der Waals surface area contributed by atoms with Crippen LogP contribution in [0.4, 0.5) is 0 Å². The van der Waals surface area contributed by atoms with Crippen molar-refractivity contribution in [2.45, 2.75) is 13.3 Å². The van der Waals surface area contributed by atoms with E-state index in [2.05, 4.69) is 25.7 Å². The number of carbonyl (C=O) groups is 1.